The highest BCUT2D eigenvalue weighted by Crippen LogP contribution is 2.42. The summed E-state index contributed by atoms with van der Waals surface area (Å²) in [6, 6.07) is 9.67. The van der Waals surface area contributed by atoms with Crippen LogP contribution < -0.4 is 5.32 Å². The van der Waals surface area contributed by atoms with Crippen LogP contribution in [0.25, 0.3) is 32.5 Å². The van der Waals surface area contributed by atoms with Crippen LogP contribution in [-0.4, -0.2) is 25.8 Å². The molecular formula is C21H18ClN5OS. The Balaban J connectivity index is 1.87. The molecule has 0 unspecified atom stereocenters. The van der Waals surface area contributed by atoms with Gasteiger partial charge in [-0.2, -0.15) is 0 Å². The Bertz CT molecular complexity index is 1170. The Labute approximate surface area is 177 Å². The first-order valence-electron chi connectivity index (χ1n) is 9.08. The van der Waals surface area contributed by atoms with Crippen LogP contribution >= 0.6 is 22.9 Å². The third kappa shape index (κ3) is 4.06. The van der Waals surface area contributed by atoms with Crippen LogP contribution in [0.5, 0.6) is 0 Å². The summed E-state index contributed by atoms with van der Waals surface area (Å²) in [5.41, 5.74) is 3.69. The highest BCUT2D eigenvalue weighted by atomic mass is 35.5. The van der Waals surface area contributed by atoms with E-state index >= 15 is 0 Å². The molecule has 0 saturated carbocycles. The van der Waals surface area contributed by atoms with Crippen LogP contribution in [-0.2, 0) is 11.2 Å². The molecule has 6 nitrogen and oxygen atoms in total. The quantitative estimate of drug-likeness (QED) is 0.448. The Morgan fingerprint density at radius 1 is 1.21 bits per heavy atom. The van der Waals surface area contributed by atoms with Gasteiger partial charge in [0.1, 0.15) is 16.6 Å². The second-order valence-corrected chi connectivity index (χ2v) is 7.82. The van der Waals surface area contributed by atoms with Gasteiger partial charge in [0.15, 0.2) is 0 Å². The van der Waals surface area contributed by atoms with Crippen LogP contribution in [0.4, 0.5) is 5.82 Å². The van der Waals surface area contributed by atoms with Gasteiger partial charge in [-0.1, -0.05) is 24.6 Å². The maximum absolute atomic E-state index is 11.4. The highest BCUT2D eigenvalue weighted by molar-refractivity contribution is 7.18. The van der Waals surface area contributed by atoms with E-state index in [0.29, 0.717) is 10.8 Å². The SMILES string of the molecule is CCc1ccc(Cl)c(-c2nc(-c3ccnc(NC(C)=O)c3)sc2-c2ncc[nH]2)c1. The molecule has 0 radical (unpaired) electrons. The van der Waals surface area contributed by atoms with Gasteiger partial charge in [-0.25, -0.2) is 15.0 Å². The van der Waals surface area contributed by atoms with Crippen LogP contribution in [0.2, 0.25) is 5.02 Å². The van der Waals surface area contributed by atoms with Crippen LogP contribution in [0, 0.1) is 0 Å². The molecule has 0 fully saturated rings. The van der Waals surface area contributed by atoms with Crippen molar-refractivity contribution in [2.24, 2.45) is 0 Å². The number of aromatic amines is 1. The second-order valence-electron chi connectivity index (χ2n) is 6.41. The minimum atomic E-state index is -0.172. The molecule has 4 aromatic rings. The second kappa shape index (κ2) is 8.14. The van der Waals surface area contributed by atoms with E-state index in [-0.39, 0.29) is 5.91 Å². The number of amides is 1. The summed E-state index contributed by atoms with van der Waals surface area (Å²) in [4.78, 5) is 28.9. The van der Waals surface area contributed by atoms with Crippen LogP contribution in [0.15, 0.2) is 48.9 Å². The summed E-state index contributed by atoms with van der Waals surface area (Å²) in [5, 5.41) is 4.14. The first-order valence-corrected chi connectivity index (χ1v) is 10.3. The number of aromatic nitrogens is 4. The number of nitrogens with zero attached hydrogens (tertiary/aromatic N) is 3. The minimum Gasteiger partial charge on any atom is -0.344 e. The first kappa shape index (κ1) is 19.3. The van der Waals surface area contributed by atoms with E-state index in [0.717, 1.165) is 39.0 Å². The molecule has 0 saturated heterocycles. The van der Waals surface area contributed by atoms with Crippen molar-refractivity contribution in [3.8, 4) is 32.5 Å². The summed E-state index contributed by atoms with van der Waals surface area (Å²) in [6.45, 7) is 3.56. The van der Waals surface area contributed by atoms with Crippen molar-refractivity contribution in [1.82, 2.24) is 19.9 Å². The molecule has 1 aromatic carbocycles. The maximum Gasteiger partial charge on any atom is 0.222 e. The fourth-order valence-electron chi connectivity index (χ4n) is 2.96. The fraction of sp³-hybridized carbons (Fsp3) is 0.143. The van der Waals surface area contributed by atoms with Gasteiger partial charge in [0.25, 0.3) is 0 Å². The van der Waals surface area contributed by atoms with Gasteiger partial charge in [0.2, 0.25) is 5.91 Å². The molecule has 2 N–H and O–H groups in total. The monoisotopic (exact) mass is 423 g/mol. The molecule has 0 aliphatic heterocycles. The predicted molar refractivity (Wildman–Crippen MR) is 117 cm³/mol. The largest absolute Gasteiger partial charge is 0.344 e. The minimum absolute atomic E-state index is 0.172. The van der Waals surface area contributed by atoms with E-state index < -0.39 is 0 Å². The van der Waals surface area contributed by atoms with Gasteiger partial charge in [-0.3, -0.25) is 4.79 Å². The highest BCUT2D eigenvalue weighted by Gasteiger charge is 2.20. The number of H-pyrrole nitrogens is 1. The number of aryl methyl sites for hydroxylation is 1. The standard InChI is InChI=1S/C21H18ClN5OS/c1-3-13-4-5-16(22)15(10-13)18-19(20-24-8-9-25-20)29-21(27-18)14-6-7-23-17(11-14)26-12(2)28/h4-11H,3H2,1-2H3,(H,24,25)(H,23,26,28). The Kier molecular flexibility index (Phi) is 5.42. The summed E-state index contributed by atoms with van der Waals surface area (Å²) < 4.78 is 0. The van der Waals surface area contributed by atoms with Crippen molar-refractivity contribution in [3.63, 3.8) is 0 Å². The topological polar surface area (TPSA) is 83.6 Å². The lowest BCUT2D eigenvalue weighted by Crippen LogP contribution is -2.07. The van der Waals surface area contributed by atoms with Gasteiger partial charge in [0.05, 0.1) is 15.6 Å². The van der Waals surface area contributed by atoms with E-state index in [1.807, 2.05) is 18.2 Å². The Hall–Kier alpha value is -3.03. The van der Waals surface area contributed by atoms with E-state index in [9.17, 15) is 4.79 Å². The lowest BCUT2D eigenvalue weighted by molar-refractivity contribution is -0.114. The van der Waals surface area contributed by atoms with Gasteiger partial charge in [-0.15, -0.1) is 11.3 Å². The summed E-state index contributed by atoms with van der Waals surface area (Å²) in [5.74, 6) is 1.05. The normalized spacial score (nSPS) is 10.9. The van der Waals surface area contributed by atoms with Gasteiger partial charge >= 0.3 is 0 Å². The zero-order chi connectivity index (χ0) is 20.4. The number of carbonyl (C=O) groups excluding carboxylic acids is 1. The lowest BCUT2D eigenvalue weighted by Gasteiger charge is -2.06. The van der Waals surface area contributed by atoms with Crippen molar-refractivity contribution in [3.05, 3.63) is 59.5 Å². The fourth-order valence-corrected chi connectivity index (χ4v) is 4.20. The van der Waals surface area contributed by atoms with Crippen LogP contribution in [0.3, 0.4) is 0 Å². The number of hydrogen-bond acceptors (Lipinski definition) is 5. The number of benzene rings is 1. The predicted octanol–water partition coefficient (Wildman–Crippen LogP) is 5.44. The van der Waals surface area contributed by atoms with Gasteiger partial charge in [0, 0.05) is 36.6 Å². The molecule has 0 atom stereocenters. The van der Waals surface area contributed by atoms with Crippen LogP contribution in [0.1, 0.15) is 19.4 Å². The van der Waals surface area contributed by atoms with Crippen molar-refractivity contribution in [2.75, 3.05) is 5.32 Å². The Morgan fingerprint density at radius 2 is 2.07 bits per heavy atom. The number of anilines is 1. The zero-order valence-corrected chi connectivity index (χ0v) is 17.4. The molecule has 0 spiro atoms. The van der Waals surface area contributed by atoms with Gasteiger partial charge < -0.3 is 10.3 Å². The number of pyridine rings is 1. The molecule has 4 rings (SSSR count). The number of carbonyl (C=O) groups is 1. The first-order chi connectivity index (χ1) is 14.0. The Morgan fingerprint density at radius 3 is 2.79 bits per heavy atom. The number of imidazole rings is 1. The number of nitrogens with one attached hydrogen (secondary N) is 2. The zero-order valence-electron chi connectivity index (χ0n) is 15.9. The third-order valence-corrected chi connectivity index (χ3v) is 5.79. The van der Waals surface area contributed by atoms with Crippen molar-refractivity contribution < 1.29 is 4.79 Å². The van der Waals surface area contributed by atoms with E-state index in [2.05, 4.69) is 33.3 Å². The number of hydrogen-bond donors (Lipinski definition) is 2. The molecule has 3 aromatic heterocycles. The molecular weight excluding hydrogens is 406 g/mol. The van der Waals surface area contributed by atoms with Crippen molar-refractivity contribution >= 4 is 34.7 Å². The molecule has 8 heteroatoms. The lowest BCUT2D eigenvalue weighted by atomic mass is 10.1. The molecule has 146 valence electrons. The smallest absolute Gasteiger partial charge is 0.222 e. The molecule has 3 heterocycles. The molecule has 29 heavy (non-hydrogen) atoms. The van der Waals surface area contributed by atoms with E-state index in [4.69, 9.17) is 16.6 Å². The average molecular weight is 424 g/mol. The summed E-state index contributed by atoms with van der Waals surface area (Å²) >= 11 is 8.05. The van der Waals surface area contributed by atoms with E-state index in [1.165, 1.54) is 23.8 Å². The summed E-state index contributed by atoms with van der Waals surface area (Å²) in [7, 11) is 0. The van der Waals surface area contributed by atoms with E-state index in [1.54, 1.807) is 24.7 Å². The molecule has 1 amide bonds. The van der Waals surface area contributed by atoms with Crippen molar-refractivity contribution in [1.29, 1.82) is 0 Å². The molecule has 0 aliphatic carbocycles. The van der Waals surface area contributed by atoms with Gasteiger partial charge in [-0.05, 0) is 36.2 Å². The average Bonchev–Trinajstić information content (AvgIpc) is 3.38. The third-order valence-electron chi connectivity index (χ3n) is 4.35. The maximum atomic E-state index is 11.4. The number of rotatable bonds is 5. The molecule has 0 aliphatic rings. The number of halogens is 1. The summed E-state index contributed by atoms with van der Waals surface area (Å²) in [6.07, 6.45) is 6.05. The number of thiazole rings is 1. The molecule has 0 bridgehead atoms. The van der Waals surface area contributed by atoms with Crippen molar-refractivity contribution in [2.45, 2.75) is 20.3 Å².